The Morgan fingerprint density at radius 2 is 1.54 bits per heavy atom. The van der Waals surface area contributed by atoms with Crippen molar-refractivity contribution in [3.63, 3.8) is 0 Å². The van der Waals surface area contributed by atoms with Crippen molar-refractivity contribution in [3.05, 3.63) is 89.7 Å². The van der Waals surface area contributed by atoms with E-state index in [-0.39, 0.29) is 23.2 Å². The average molecular weight is 496 g/mol. The SMILES string of the molecule is CCc1ccc(N(CC(=O)N2CCN(c3ccccc3F)CC2)S(=O)(=O)c2ccc(C)cc2)cc1. The fourth-order valence-electron chi connectivity index (χ4n) is 4.18. The molecule has 0 unspecified atom stereocenters. The van der Waals surface area contributed by atoms with E-state index >= 15 is 0 Å². The molecule has 0 bridgehead atoms. The maximum absolute atomic E-state index is 14.2. The van der Waals surface area contributed by atoms with Crippen LogP contribution in [0.25, 0.3) is 0 Å². The van der Waals surface area contributed by atoms with Crippen molar-refractivity contribution in [1.29, 1.82) is 0 Å². The van der Waals surface area contributed by atoms with Gasteiger partial charge in [-0.25, -0.2) is 12.8 Å². The van der Waals surface area contributed by atoms with Crippen molar-refractivity contribution in [2.45, 2.75) is 25.2 Å². The Kier molecular flexibility index (Phi) is 7.40. The zero-order valence-corrected chi connectivity index (χ0v) is 20.8. The molecular weight excluding hydrogens is 465 g/mol. The lowest BCUT2D eigenvalue weighted by Gasteiger charge is -2.37. The lowest BCUT2D eigenvalue weighted by Crippen LogP contribution is -2.52. The molecule has 1 saturated heterocycles. The molecule has 0 radical (unpaired) electrons. The zero-order valence-electron chi connectivity index (χ0n) is 20.0. The number of rotatable bonds is 7. The highest BCUT2D eigenvalue weighted by molar-refractivity contribution is 7.92. The molecule has 6 nitrogen and oxygen atoms in total. The van der Waals surface area contributed by atoms with E-state index in [2.05, 4.69) is 0 Å². The highest BCUT2D eigenvalue weighted by atomic mass is 32.2. The Morgan fingerprint density at radius 3 is 2.14 bits per heavy atom. The van der Waals surface area contributed by atoms with Gasteiger partial charge in [-0.2, -0.15) is 0 Å². The summed E-state index contributed by atoms with van der Waals surface area (Å²) in [5.74, 6) is -0.577. The van der Waals surface area contributed by atoms with Crippen LogP contribution in [0, 0.1) is 12.7 Å². The minimum absolute atomic E-state index is 0.139. The van der Waals surface area contributed by atoms with E-state index in [0.29, 0.717) is 37.6 Å². The van der Waals surface area contributed by atoms with Crippen LogP contribution in [0.15, 0.2) is 77.7 Å². The molecule has 0 saturated carbocycles. The highest BCUT2D eigenvalue weighted by Gasteiger charge is 2.30. The second-order valence-electron chi connectivity index (χ2n) is 8.66. The number of halogens is 1. The van der Waals surface area contributed by atoms with E-state index in [9.17, 15) is 17.6 Å². The monoisotopic (exact) mass is 495 g/mol. The first-order valence-corrected chi connectivity index (χ1v) is 13.2. The van der Waals surface area contributed by atoms with Crippen LogP contribution in [0.5, 0.6) is 0 Å². The van der Waals surface area contributed by atoms with Crippen molar-refractivity contribution in [3.8, 4) is 0 Å². The first kappa shape index (κ1) is 24.7. The van der Waals surface area contributed by atoms with E-state index in [4.69, 9.17) is 0 Å². The molecule has 184 valence electrons. The summed E-state index contributed by atoms with van der Waals surface area (Å²) in [6.07, 6.45) is 0.830. The van der Waals surface area contributed by atoms with Crippen molar-refractivity contribution < 1.29 is 17.6 Å². The predicted molar refractivity (Wildman–Crippen MR) is 137 cm³/mol. The van der Waals surface area contributed by atoms with Crippen LogP contribution in [-0.4, -0.2) is 51.9 Å². The molecule has 35 heavy (non-hydrogen) atoms. The third kappa shape index (κ3) is 5.48. The van der Waals surface area contributed by atoms with E-state index < -0.39 is 10.0 Å². The van der Waals surface area contributed by atoms with Crippen LogP contribution < -0.4 is 9.21 Å². The minimum Gasteiger partial charge on any atom is -0.366 e. The van der Waals surface area contributed by atoms with E-state index in [0.717, 1.165) is 17.5 Å². The van der Waals surface area contributed by atoms with Gasteiger partial charge in [-0.3, -0.25) is 9.10 Å². The molecule has 0 aromatic heterocycles. The second-order valence-corrected chi connectivity index (χ2v) is 10.5. The molecule has 1 aliphatic heterocycles. The molecule has 0 N–H and O–H groups in total. The molecule has 3 aromatic rings. The number of hydrogen-bond acceptors (Lipinski definition) is 4. The van der Waals surface area contributed by atoms with Crippen LogP contribution in [0.3, 0.4) is 0 Å². The summed E-state index contributed by atoms with van der Waals surface area (Å²) in [7, 11) is -3.96. The Hall–Kier alpha value is -3.39. The average Bonchev–Trinajstić information content (AvgIpc) is 2.88. The van der Waals surface area contributed by atoms with Crippen LogP contribution in [0.2, 0.25) is 0 Å². The second kappa shape index (κ2) is 10.5. The van der Waals surface area contributed by atoms with Crippen LogP contribution in [-0.2, 0) is 21.2 Å². The van der Waals surface area contributed by atoms with Crippen molar-refractivity contribution in [2.24, 2.45) is 0 Å². The standard InChI is InChI=1S/C27H30FN3O3S/c1-3-22-10-12-23(13-11-22)31(35(33,34)24-14-8-21(2)9-15-24)20-27(32)30-18-16-29(17-19-30)26-7-5-4-6-25(26)28/h4-15H,3,16-20H2,1-2H3. The number of benzene rings is 3. The lowest BCUT2D eigenvalue weighted by molar-refractivity contribution is -0.129. The number of carbonyl (C=O) groups excluding carboxylic acids is 1. The number of anilines is 2. The molecule has 0 aliphatic carbocycles. The van der Waals surface area contributed by atoms with Gasteiger partial charge in [0.05, 0.1) is 16.3 Å². The molecule has 8 heteroatoms. The summed E-state index contributed by atoms with van der Waals surface area (Å²) in [5.41, 5.74) is 2.99. The van der Waals surface area contributed by atoms with Gasteiger partial charge in [0.25, 0.3) is 10.0 Å². The predicted octanol–water partition coefficient (Wildman–Crippen LogP) is 4.24. The molecule has 1 aliphatic rings. The van der Waals surface area contributed by atoms with Gasteiger partial charge < -0.3 is 9.80 Å². The van der Waals surface area contributed by atoms with Crippen LogP contribution >= 0.6 is 0 Å². The number of para-hydroxylation sites is 1. The summed E-state index contributed by atoms with van der Waals surface area (Å²) in [5, 5.41) is 0. The van der Waals surface area contributed by atoms with Gasteiger partial charge in [0.2, 0.25) is 5.91 Å². The number of amides is 1. The molecule has 3 aromatic carbocycles. The summed E-state index contributed by atoms with van der Waals surface area (Å²) in [6, 6.07) is 20.4. The smallest absolute Gasteiger partial charge is 0.264 e. The van der Waals surface area contributed by atoms with Gasteiger partial charge in [-0.1, -0.05) is 48.9 Å². The first-order valence-electron chi connectivity index (χ1n) is 11.7. The van der Waals surface area contributed by atoms with Gasteiger partial charge in [-0.05, 0) is 55.3 Å². The third-order valence-electron chi connectivity index (χ3n) is 6.35. The number of piperazine rings is 1. The maximum atomic E-state index is 14.2. The van der Waals surface area contributed by atoms with Gasteiger partial charge >= 0.3 is 0 Å². The van der Waals surface area contributed by atoms with Gasteiger partial charge in [0.15, 0.2) is 0 Å². The molecular formula is C27H30FN3O3S. The van der Waals surface area contributed by atoms with E-state index in [1.807, 2.05) is 30.9 Å². The van der Waals surface area contributed by atoms with Crippen molar-refractivity contribution >= 4 is 27.3 Å². The molecule has 0 atom stereocenters. The molecule has 4 rings (SSSR count). The van der Waals surface area contributed by atoms with Gasteiger partial charge in [0.1, 0.15) is 12.4 Å². The molecule has 1 heterocycles. The van der Waals surface area contributed by atoms with Crippen molar-refractivity contribution in [2.75, 3.05) is 41.9 Å². The molecule has 1 fully saturated rings. The number of hydrogen-bond donors (Lipinski definition) is 0. The normalized spacial score (nSPS) is 14.1. The summed E-state index contributed by atoms with van der Waals surface area (Å²) in [4.78, 5) is 17.0. The van der Waals surface area contributed by atoms with E-state index in [1.165, 1.54) is 10.4 Å². The van der Waals surface area contributed by atoms with Gasteiger partial charge in [0, 0.05) is 26.2 Å². The van der Waals surface area contributed by atoms with E-state index in [1.54, 1.807) is 59.5 Å². The Morgan fingerprint density at radius 1 is 0.914 bits per heavy atom. The quantitative estimate of drug-likeness (QED) is 0.492. The lowest BCUT2D eigenvalue weighted by atomic mass is 10.1. The van der Waals surface area contributed by atoms with Gasteiger partial charge in [-0.15, -0.1) is 0 Å². The highest BCUT2D eigenvalue weighted by Crippen LogP contribution is 2.26. The topological polar surface area (TPSA) is 60.9 Å². The summed E-state index contributed by atoms with van der Waals surface area (Å²) < 4.78 is 42.5. The van der Waals surface area contributed by atoms with Crippen LogP contribution in [0.4, 0.5) is 15.8 Å². The fourth-order valence-corrected chi connectivity index (χ4v) is 5.59. The Bertz CT molecular complexity index is 1270. The largest absolute Gasteiger partial charge is 0.366 e. The zero-order chi connectivity index (χ0) is 25.0. The summed E-state index contributed by atoms with van der Waals surface area (Å²) in [6.45, 7) is 5.34. The third-order valence-corrected chi connectivity index (χ3v) is 8.13. The van der Waals surface area contributed by atoms with Crippen molar-refractivity contribution in [1.82, 2.24) is 4.90 Å². The van der Waals surface area contributed by atoms with Crippen LogP contribution in [0.1, 0.15) is 18.1 Å². The number of aryl methyl sites for hydroxylation is 2. The number of sulfonamides is 1. The number of carbonyl (C=O) groups is 1. The maximum Gasteiger partial charge on any atom is 0.264 e. The fraction of sp³-hybridized carbons (Fsp3) is 0.296. The minimum atomic E-state index is -3.96. The first-order chi connectivity index (χ1) is 16.8. The Labute approximate surface area is 206 Å². The molecule has 0 spiro atoms. The Balaban J connectivity index is 1.54. The molecule has 1 amide bonds. The number of nitrogens with zero attached hydrogens (tertiary/aromatic N) is 3. The summed E-state index contributed by atoms with van der Waals surface area (Å²) >= 11 is 0.